The smallest absolute Gasteiger partial charge is 0.338 e. The summed E-state index contributed by atoms with van der Waals surface area (Å²) in [4.78, 5) is 13.4. The van der Waals surface area contributed by atoms with Crippen molar-refractivity contribution in [2.75, 3.05) is 7.11 Å². The van der Waals surface area contributed by atoms with E-state index in [1.165, 1.54) is 62.5 Å². The molecule has 5 rings (SSSR count). The van der Waals surface area contributed by atoms with Gasteiger partial charge in [0.1, 0.15) is 0 Å². The van der Waals surface area contributed by atoms with E-state index in [1.807, 2.05) is 0 Å². The molecular weight excluding hydrogens is 392 g/mol. The summed E-state index contributed by atoms with van der Waals surface area (Å²) in [5.74, 6) is 7.04. The highest BCUT2D eigenvalue weighted by Gasteiger charge is 2.45. The molecule has 10 unspecified atom stereocenters. The average Bonchev–Trinajstić information content (AvgIpc) is 2.72. The molecule has 4 aliphatic rings. The van der Waals surface area contributed by atoms with Crippen molar-refractivity contribution >= 4 is 5.97 Å². The third-order valence-corrected chi connectivity index (χ3v) is 10.0. The summed E-state index contributed by atoms with van der Waals surface area (Å²) in [6.45, 7) is 9.77. The topological polar surface area (TPSA) is 26.3 Å². The molecule has 2 heteroatoms. The molecule has 0 aliphatic heterocycles. The van der Waals surface area contributed by atoms with Crippen LogP contribution in [-0.2, 0) is 4.74 Å². The first kappa shape index (κ1) is 22.5. The fourth-order valence-electron chi connectivity index (χ4n) is 9.45. The molecule has 0 heterocycles. The molecule has 4 fully saturated rings. The number of methoxy groups -OCH3 is 1. The first-order valence-electron chi connectivity index (χ1n) is 13.6. The molecule has 4 saturated carbocycles. The van der Waals surface area contributed by atoms with E-state index >= 15 is 0 Å². The SMILES string of the molecule is COC(=O)c1c(C2C(C)CC3CC(C)CC2C3)cccc1C1C(C)CC2CC(C)CC1C2. The van der Waals surface area contributed by atoms with E-state index < -0.39 is 0 Å². The van der Waals surface area contributed by atoms with Crippen LogP contribution in [0.1, 0.15) is 112 Å². The van der Waals surface area contributed by atoms with Crippen LogP contribution in [0.2, 0.25) is 0 Å². The second-order valence-electron chi connectivity index (χ2n) is 12.7. The number of carbonyl (C=O) groups excluding carboxylic acids is 1. The number of hydrogen-bond donors (Lipinski definition) is 0. The zero-order valence-corrected chi connectivity index (χ0v) is 21.0. The summed E-state index contributed by atoms with van der Waals surface area (Å²) in [5, 5.41) is 0. The summed E-state index contributed by atoms with van der Waals surface area (Å²) in [7, 11) is 1.58. The lowest BCUT2D eigenvalue weighted by molar-refractivity contribution is 0.0574. The van der Waals surface area contributed by atoms with Crippen molar-refractivity contribution in [3.05, 3.63) is 34.9 Å². The van der Waals surface area contributed by atoms with Crippen LogP contribution in [0.3, 0.4) is 0 Å². The largest absolute Gasteiger partial charge is 0.465 e. The van der Waals surface area contributed by atoms with Crippen molar-refractivity contribution < 1.29 is 9.53 Å². The monoisotopic (exact) mass is 436 g/mol. The van der Waals surface area contributed by atoms with Crippen molar-refractivity contribution in [2.45, 2.75) is 90.9 Å². The Morgan fingerprint density at radius 1 is 0.719 bits per heavy atom. The second kappa shape index (κ2) is 8.80. The lowest BCUT2D eigenvalue weighted by Crippen LogP contribution is -2.38. The molecule has 10 atom stereocenters. The average molecular weight is 437 g/mol. The zero-order valence-electron chi connectivity index (χ0n) is 21.0. The van der Waals surface area contributed by atoms with Crippen LogP contribution in [-0.4, -0.2) is 13.1 Å². The van der Waals surface area contributed by atoms with Crippen molar-refractivity contribution in [1.29, 1.82) is 0 Å². The molecule has 2 nitrogen and oxygen atoms in total. The normalized spacial score (nSPS) is 43.5. The van der Waals surface area contributed by atoms with Crippen molar-refractivity contribution in [3.63, 3.8) is 0 Å². The van der Waals surface area contributed by atoms with Crippen LogP contribution in [0, 0.1) is 47.3 Å². The van der Waals surface area contributed by atoms with Gasteiger partial charge in [-0.1, -0.05) is 45.9 Å². The molecule has 0 spiro atoms. The first-order chi connectivity index (χ1) is 15.4. The molecular formula is C30H44O2. The molecule has 4 bridgehead atoms. The minimum absolute atomic E-state index is 0.0908. The van der Waals surface area contributed by atoms with Crippen LogP contribution in [0.5, 0.6) is 0 Å². The van der Waals surface area contributed by atoms with E-state index in [-0.39, 0.29) is 5.97 Å². The van der Waals surface area contributed by atoms with Crippen molar-refractivity contribution in [3.8, 4) is 0 Å². The molecule has 0 amide bonds. The fraction of sp³-hybridized carbons (Fsp3) is 0.767. The van der Waals surface area contributed by atoms with Gasteiger partial charge in [-0.15, -0.1) is 0 Å². The summed E-state index contributed by atoms with van der Waals surface area (Å²) < 4.78 is 5.48. The maximum atomic E-state index is 13.4. The minimum atomic E-state index is -0.0908. The predicted octanol–water partition coefficient (Wildman–Crippen LogP) is 7.82. The predicted molar refractivity (Wildman–Crippen MR) is 131 cm³/mol. The van der Waals surface area contributed by atoms with Gasteiger partial charge in [0.15, 0.2) is 0 Å². The van der Waals surface area contributed by atoms with E-state index in [4.69, 9.17) is 4.74 Å². The van der Waals surface area contributed by atoms with Gasteiger partial charge in [-0.2, -0.15) is 0 Å². The lowest BCUT2D eigenvalue weighted by atomic mass is 9.56. The van der Waals surface area contributed by atoms with Gasteiger partial charge in [-0.25, -0.2) is 4.79 Å². The van der Waals surface area contributed by atoms with Gasteiger partial charge in [0.25, 0.3) is 0 Å². The van der Waals surface area contributed by atoms with Crippen LogP contribution in [0.25, 0.3) is 0 Å². The number of ether oxygens (including phenoxy) is 1. The summed E-state index contributed by atoms with van der Waals surface area (Å²) in [6.07, 6.45) is 10.8. The van der Waals surface area contributed by atoms with E-state index in [2.05, 4.69) is 45.9 Å². The molecule has 32 heavy (non-hydrogen) atoms. The van der Waals surface area contributed by atoms with Gasteiger partial charge in [-0.3, -0.25) is 0 Å². The maximum absolute atomic E-state index is 13.4. The van der Waals surface area contributed by atoms with Gasteiger partial charge >= 0.3 is 5.97 Å². The Bertz CT molecular complexity index is 777. The Morgan fingerprint density at radius 3 is 1.62 bits per heavy atom. The van der Waals surface area contributed by atoms with Crippen molar-refractivity contribution in [2.24, 2.45) is 47.3 Å². The highest BCUT2D eigenvalue weighted by molar-refractivity contribution is 5.93. The zero-order chi connectivity index (χ0) is 22.6. The Labute approximate surface area is 195 Å². The van der Waals surface area contributed by atoms with Gasteiger partial charge in [0, 0.05) is 0 Å². The highest BCUT2D eigenvalue weighted by Crippen LogP contribution is 2.56. The Balaban J connectivity index is 1.58. The Hall–Kier alpha value is -1.31. The maximum Gasteiger partial charge on any atom is 0.338 e. The number of rotatable bonds is 3. The van der Waals surface area contributed by atoms with Gasteiger partial charge < -0.3 is 4.74 Å². The van der Waals surface area contributed by atoms with Gasteiger partial charge in [0.2, 0.25) is 0 Å². The first-order valence-corrected chi connectivity index (χ1v) is 13.6. The Morgan fingerprint density at radius 2 is 1.19 bits per heavy atom. The van der Waals surface area contributed by atoms with E-state index in [1.54, 1.807) is 7.11 Å². The minimum Gasteiger partial charge on any atom is -0.465 e. The fourth-order valence-corrected chi connectivity index (χ4v) is 9.45. The Kier molecular flexibility index (Phi) is 6.18. The number of esters is 1. The standard InChI is InChI=1S/C30H44O2/c1-17-9-21-13-19(3)27(23(11-17)15-21)25-7-6-8-26(29(25)30(31)32-5)28-20(4)14-22-10-18(2)12-24(28)16-22/h6-8,17-24,27-28H,9-16H2,1-5H3. The molecule has 1 aromatic rings. The van der Waals surface area contributed by atoms with Crippen LogP contribution in [0.4, 0.5) is 0 Å². The van der Waals surface area contributed by atoms with Crippen LogP contribution in [0.15, 0.2) is 18.2 Å². The molecule has 0 aromatic heterocycles. The van der Waals surface area contributed by atoms with Crippen LogP contribution < -0.4 is 0 Å². The number of benzene rings is 1. The lowest BCUT2D eigenvalue weighted by Gasteiger charge is -2.48. The van der Waals surface area contributed by atoms with Crippen LogP contribution >= 0.6 is 0 Å². The molecule has 1 aromatic carbocycles. The molecule has 0 N–H and O–H groups in total. The number of fused-ring (bicyclic) bond motifs is 4. The quantitative estimate of drug-likeness (QED) is 0.451. The molecule has 0 saturated heterocycles. The van der Waals surface area contributed by atoms with E-state index in [0.717, 1.165) is 29.2 Å². The van der Waals surface area contributed by atoms with Gasteiger partial charge in [0.05, 0.1) is 12.7 Å². The molecule has 4 aliphatic carbocycles. The summed E-state index contributed by atoms with van der Waals surface area (Å²) in [5.41, 5.74) is 3.59. The third-order valence-electron chi connectivity index (χ3n) is 10.0. The van der Waals surface area contributed by atoms with Gasteiger partial charge in [-0.05, 0) is 122 Å². The summed E-state index contributed by atoms with van der Waals surface area (Å²) in [6, 6.07) is 6.85. The van der Waals surface area contributed by atoms with E-state index in [9.17, 15) is 4.79 Å². The third kappa shape index (κ3) is 3.94. The van der Waals surface area contributed by atoms with Crippen molar-refractivity contribution in [1.82, 2.24) is 0 Å². The number of carbonyl (C=O) groups is 1. The number of hydrogen-bond acceptors (Lipinski definition) is 2. The molecule has 0 radical (unpaired) electrons. The van der Waals surface area contributed by atoms with E-state index in [0.29, 0.717) is 35.5 Å². The molecule has 176 valence electrons. The highest BCUT2D eigenvalue weighted by atomic mass is 16.5. The second-order valence-corrected chi connectivity index (χ2v) is 12.7. The summed E-state index contributed by atoms with van der Waals surface area (Å²) >= 11 is 0.